The number of carbonyl (C=O) groups excluding carboxylic acids is 2. The first-order valence-electron chi connectivity index (χ1n) is 8.96. The zero-order valence-electron chi connectivity index (χ0n) is 16.8. The number of aromatic hydroxyl groups is 1. The van der Waals surface area contributed by atoms with E-state index in [9.17, 15) is 23.1 Å². The smallest absolute Gasteiger partial charge is 0.276 e. The Balaban J connectivity index is 1.97. The molecule has 0 aliphatic carbocycles. The highest BCUT2D eigenvalue weighted by Gasteiger charge is 2.33. The lowest BCUT2D eigenvalue weighted by atomic mass is 10.2. The number of imide groups is 1. The quantitative estimate of drug-likeness (QED) is 0.376. The van der Waals surface area contributed by atoms with Gasteiger partial charge in [-0.2, -0.15) is 0 Å². The standard InChI is InChI=1S/C19H22N4O6S/c1-10-8-9-13(29-10)11(2)20-15-16(19(26)22-18(15)25)21-12-6-5-7-14(17(12)24)30(27,28)23(3)4/h5-9,11,24H,1-4H3,(H3,20,21,22,25,26)/t11-/m1/s1. The van der Waals surface area contributed by atoms with Crippen LogP contribution in [0.4, 0.5) is 5.69 Å². The summed E-state index contributed by atoms with van der Waals surface area (Å²) in [4.78, 5) is 24.2. The fraction of sp³-hybridized carbons (Fsp3) is 0.263. The second kappa shape index (κ2) is 7.84. The van der Waals surface area contributed by atoms with Gasteiger partial charge < -0.3 is 20.2 Å². The highest BCUT2D eigenvalue weighted by Crippen LogP contribution is 2.34. The summed E-state index contributed by atoms with van der Waals surface area (Å²) in [6.07, 6.45) is 0. The van der Waals surface area contributed by atoms with Gasteiger partial charge in [-0.05, 0) is 38.1 Å². The highest BCUT2D eigenvalue weighted by molar-refractivity contribution is 7.89. The molecule has 1 aromatic carbocycles. The van der Waals surface area contributed by atoms with Crippen LogP contribution in [-0.2, 0) is 19.6 Å². The Morgan fingerprint density at radius 3 is 2.37 bits per heavy atom. The van der Waals surface area contributed by atoms with Crippen molar-refractivity contribution in [3.8, 4) is 5.75 Å². The SMILES string of the molecule is Cc1ccc([C@@H](C)NC2=C(Nc3cccc(S(=O)(=O)N(C)C)c3O)C(=O)NC2=O)o1. The number of amides is 2. The Kier molecular flexibility index (Phi) is 5.59. The normalized spacial score (nSPS) is 15.5. The molecule has 1 aliphatic heterocycles. The van der Waals surface area contributed by atoms with E-state index in [-0.39, 0.29) is 22.0 Å². The fourth-order valence-corrected chi connectivity index (χ4v) is 3.85. The number of sulfonamides is 1. The van der Waals surface area contributed by atoms with E-state index in [0.29, 0.717) is 11.5 Å². The third-order valence-corrected chi connectivity index (χ3v) is 6.34. The van der Waals surface area contributed by atoms with E-state index < -0.39 is 33.6 Å². The van der Waals surface area contributed by atoms with Gasteiger partial charge in [0.2, 0.25) is 10.0 Å². The summed E-state index contributed by atoms with van der Waals surface area (Å²) >= 11 is 0. The lowest BCUT2D eigenvalue weighted by Crippen LogP contribution is -2.28. The Hall–Kier alpha value is -3.31. The number of nitrogens with zero attached hydrogens (tertiary/aromatic N) is 1. The van der Waals surface area contributed by atoms with Crippen molar-refractivity contribution in [3.63, 3.8) is 0 Å². The number of rotatable bonds is 7. The van der Waals surface area contributed by atoms with Crippen LogP contribution in [-0.4, -0.2) is 43.7 Å². The minimum absolute atomic E-state index is 0.0430. The summed E-state index contributed by atoms with van der Waals surface area (Å²) in [5.41, 5.74) is -0.245. The lowest BCUT2D eigenvalue weighted by Gasteiger charge is -2.17. The molecule has 2 heterocycles. The second-order valence-corrected chi connectivity index (χ2v) is 9.03. The van der Waals surface area contributed by atoms with Gasteiger partial charge in [0.1, 0.15) is 27.8 Å². The minimum atomic E-state index is -3.92. The molecule has 1 aromatic heterocycles. The zero-order chi connectivity index (χ0) is 22.2. The number of furan rings is 1. The minimum Gasteiger partial charge on any atom is -0.504 e. The van der Waals surface area contributed by atoms with E-state index in [1.165, 1.54) is 32.3 Å². The van der Waals surface area contributed by atoms with Crippen molar-refractivity contribution in [2.24, 2.45) is 0 Å². The van der Waals surface area contributed by atoms with Gasteiger partial charge in [-0.1, -0.05) is 6.07 Å². The molecule has 3 rings (SSSR count). The average Bonchev–Trinajstić information content (AvgIpc) is 3.21. The summed E-state index contributed by atoms with van der Waals surface area (Å²) in [5.74, 6) is -0.685. The van der Waals surface area contributed by atoms with Crippen molar-refractivity contribution in [1.82, 2.24) is 14.9 Å². The molecule has 0 unspecified atom stereocenters. The maximum absolute atomic E-state index is 12.4. The predicted octanol–water partition coefficient (Wildman–Crippen LogP) is 1.17. The van der Waals surface area contributed by atoms with Crippen LogP contribution in [0, 0.1) is 6.92 Å². The van der Waals surface area contributed by atoms with E-state index in [2.05, 4.69) is 16.0 Å². The summed E-state index contributed by atoms with van der Waals surface area (Å²) in [6, 6.07) is 7.13. The van der Waals surface area contributed by atoms with Gasteiger partial charge in [0.05, 0.1) is 11.7 Å². The third kappa shape index (κ3) is 3.89. The second-order valence-electron chi connectivity index (χ2n) is 6.91. The van der Waals surface area contributed by atoms with Crippen LogP contribution in [0.1, 0.15) is 24.5 Å². The molecule has 0 saturated carbocycles. The molecule has 30 heavy (non-hydrogen) atoms. The molecule has 0 bridgehead atoms. The van der Waals surface area contributed by atoms with E-state index in [1.807, 2.05) is 0 Å². The maximum Gasteiger partial charge on any atom is 0.276 e. The van der Waals surface area contributed by atoms with Gasteiger partial charge in [-0.15, -0.1) is 0 Å². The number of anilines is 1. The molecule has 1 atom stereocenters. The van der Waals surface area contributed by atoms with Crippen LogP contribution in [0.25, 0.3) is 0 Å². The molecule has 2 aromatic rings. The number of phenolic OH excluding ortho intramolecular Hbond substituents is 1. The number of hydrogen-bond acceptors (Lipinski definition) is 8. The van der Waals surface area contributed by atoms with Gasteiger partial charge in [0, 0.05) is 14.1 Å². The molecule has 160 valence electrons. The number of carbonyl (C=O) groups is 2. The number of benzene rings is 1. The number of nitrogens with one attached hydrogen (secondary N) is 3. The first kappa shape index (κ1) is 21.4. The van der Waals surface area contributed by atoms with E-state index in [0.717, 1.165) is 4.31 Å². The monoisotopic (exact) mass is 434 g/mol. The lowest BCUT2D eigenvalue weighted by molar-refractivity contribution is -0.124. The van der Waals surface area contributed by atoms with Crippen LogP contribution in [0.3, 0.4) is 0 Å². The molecule has 0 radical (unpaired) electrons. The zero-order valence-corrected chi connectivity index (χ0v) is 17.6. The van der Waals surface area contributed by atoms with Crippen molar-refractivity contribution < 1.29 is 27.5 Å². The molecule has 10 nitrogen and oxygen atoms in total. The topological polar surface area (TPSA) is 141 Å². The highest BCUT2D eigenvalue weighted by atomic mass is 32.2. The summed E-state index contributed by atoms with van der Waals surface area (Å²) in [7, 11) is -1.26. The number of para-hydroxylation sites is 1. The number of phenols is 1. The number of aryl methyl sites for hydroxylation is 1. The van der Waals surface area contributed by atoms with Gasteiger partial charge in [-0.25, -0.2) is 12.7 Å². The van der Waals surface area contributed by atoms with Crippen LogP contribution in [0.15, 0.2) is 51.0 Å². The van der Waals surface area contributed by atoms with Gasteiger partial charge in [0.15, 0.2) is 5.75 Å². The fourth-order valence-electron chi connectivity index (χ4n) is 2.85. The molecule has 2 amide bonds. The molecular weight excluding hydrogens is 412 g/mol. The average molecular weight is 434 g/mol. The first-order chi connectivity index (χ1) is 14.0. The van der Waals surface area contributed by atoms with Crippen LogP contribution in [0.5, 0.6) is 5.75 Å². The van der Waals surface area contributed by atoms with Crippen molar-refractivity contribution in [1.29, 1.82) is 0 Å². The van der Waals surface area contributed by atoms with E-state index in [4.69, 9.17) is 4.42 Å². The molecular formula is C19H22N4O6S. The first-order valence-corrected chi connectivity index (χ1v) is 10.4. The third-order valence-electron chi connectivity index (χ3n) is 4.50. The van der Waals surface area contributed by atoms with Crippen LogP contribution >= 0.6 is 0 Å². The Morgan fingerprint density at radius 1 is 1.10 bits per heavy atom. The summed E-state index contributed by atoms with van der Waals surface area (Å²) < 4.78 is 31.3. The van der Waals surface area contributed by atoms with Crippen molar-refractivity contribution in [2.45, 2.75) is 24.8 Å². The Morgan fingerprint density at radius 2 is 1.77 bits per heavy atom. The van der Waals surface area contributed by atoms with E-state index in [1.54, 1.807) is 26.0 Å². The van der Waals surface area contributed by atoms with Crippen molar-refractivity contribution >= 4 is 27.5 Å². The van der Waals surface area contributed by atoms with Crippen LogP contribution in [0.2, 0.25) is 0 Å². The Labute approximate surface area is 173 Å². The van der Waals surface area contributed by atoms with Gasteiger partial charge >= 0.3 is 0 Å². The predicted molar refractivity (Wildman–Crippen MR) is 108 cm³/mol. The summed E-state index contributed by atoms with van der Waals surface area (Å²) in [6.45, 7) is 3.53. The van der Waals surface area contributed by atoms with Gasteiger partial charge in [0.25, 0.3) is 11.8 Å². The maximum atomic E-state index is 12.4. The largest absolute Gasteiger partial charge is 0.504 e. The Bertz CT molecular complexity index is 1150. The molecule has 0 saturated heterocycles. The van der Waals surface area contributed by atoms with Crippen LogP contribution < -0.4 is 16.0 Å². The van der Waals surface area contributed by atoms with Crippen molar-refractivity contribution in [3.05, 3.63) is 53.2 Å². The molecule has 1 aliphatic rings. The summed E-state index contributed by atoms with van der Waals surface area (Å²) in [5, 5.41) is 18.3. The van der Waals surface area contributed by atoms with Crippen molar-refractivity contribution in [2.75, 3.05) is 19.4 Å². The molecule has 4 N–H and O–H groups in total. The number of hydrogen-bond donors (Lipinski definition) is 4. The molecule has 0 fully saturated rings. The molecule has 11 heteroatoms. The van der Waals surface area contributed by atoms with Gasteiger partial charge in [-0.3, -0.25) is 14.9 Å². The molecule has 0 spiro atoms. The van der Waals surface area contributed by atoms with E-state index >= 15 is 0 Å².